The van der Waals surface area contributed by atoms with E-state index in [0.29, 0.717) is 17.1 Å². The number of nitrogens with one attached hydrogen (secondary N) is 1. The van der Waals surface area contributed by atoms with Crippen LogP contribution in [0.3, 0.4) is 0 Å². The summed E-state index contributed by atoms with van der Waals surface area (Å²) < 4.78 is 10.4. The summed E-state index contributed by atoms with van der Waals surface area (Å²) >= 11 is 0. The van der Waals surface area contributed by atoms with Crippen molar-refractivity contribution in [2.75, 3.05) is 14.2 Å². The molecule has 5 heteroatoms. The fourth-order valence-corrected chi connectivity index (χ4v) is 2.57. The van der Waals surface area contributed by atoms with Crippen LogP contribution in [-0.4, -0.2) is 32.2 Å². The molecule has 110 valence electrons. The number of carbonyl (C=O) groups is 1. The second-order valence-electron chi connectivity index (χ2n) is 5.09. The van der Waals surface area contributed by atoms with Crippen LogP contribution in [0.4, 0.5) is 0 Å². The largest absolute Gasteiger partial charge is 0.497 e. The number of benzene rings is 1. The molecule has 1 saturated carbocycles. The van der Waals surface area contributed by atoms with E-state index in [1.165, 1.54) is 7.11 Å². The Morgan fingerprint density at radius 1 is 1.25 bits per heavy atom. The summed E-state index contributed by atoms with van der Waals surface area (Å²) in [6.07, 6.45) is 4.15. The van der Waals surface area contributed by atoms with Gasteiger partial charge in [0.1, 0.15) is 11.5 Å². The van der Waals surface area contributed by atoms with Gasteiger partial charge in [-0.05, 0) is 25.0 Å². The molecule has 5 nitrogen and oxygen atoms in total. The molecular weight excluding hydrogens is 256 g/mol. The van der Waals surface area contributed by atoms with Gasteiger partial charge in [-0.2, -0.15) is 0 Å². The third-order valence-electron chi connectivity index (χ3n) is 3.79. The van der Waals surface area contributed by atoms with Gasteiger partial charge in [-0.3, -0.25) is 4.79 Å². The molecule has 20 heavy (non-hydrogen) atoms. The van der Waals surface area contributed by atoms with E-state index in [2.05, 4.69) is 5.32 Å². The number of ether oxygens (including phenoxy) is 2. The minimum Gasteiger partial charge on any atom is -0.497 e. The van der Waals surface area contributed by atoms with E-state index in [9.17, 15) is 4.79 Å². The third kappa shape index (κ3) is 3.22. The number of carbonyl (C=O) groups excluding carboxylic acids is 1. The lowest BCUT2D eigenvalue weighted by molar-refractivity contribution is 0.0918. The van der Waals surface area contributed by atoms with E-state index in [1.54, 1.807) is 25.3 Å². The van der Waals surface area contributed by atoms with Gasteiger partial charge < -0.3 is 20.5 Å². The molecule has 1 aromatic carbocycles. The number of methoxy groups -OCH3 is 2. The third-order valence-corrected chi connectivity index (χ3v) is 3.79. The Hall–Kier alpha value is -1.75. The van der Waals surface area contributed by atoms with Crippen molar-refractivity contribution in [1.29, 1.82) is 0 Å². The summed E-state index contributed by atoms with van der Waals surface area (Å²) in [7, 11) is 3.12. The maximum atomic E-state index is 12.4. The molecule has 0 aliphatic heterocycles. The molecule has 2 rings (SSSR count). The van der Waals surface area contributed by atoms with Crippen molar-refractivity contribution in [2.24, 2.45) is 5.73 Å². The fraction of sp³-hybridized carbons (Fsp3) is 0.533. The van der Waals surface area contributed by atoms with Crippen LogP contribution in [0, 0.1) is 0 Å². The van der Waals surface area contributed by atoms with Gasteiger partial charge in [0.15, 0.2) is 0 Å². The Balaban J connectivity index is 2.12. The second-order valence-corrected chi connectivity index (χ2v) is 5.09. The molecule has 0 aromatic heterocycles. The average Bonchev–Trinajstić information content (AvgIpc) is 2.48. The van der Waals surface area contributed by atoms with Gasteiger partial charge in [0.05, 0.1) is 19.8 Å². The van der Waals surface area contributed by atoms with Crippen molar-refractivity contribution in [3.63, 3.8) is 0 Å². The lowest BCUT2D eigenvalue weighted by atomic mass is 9.91. The SMILES string of the molecule is COc1ccc(C(=O)NC2CCCCC2N)c(OC)c1. The molecule has 1 aliphatic carbocycles. The van der Waals surface area contributed by atoms with Crippen LogP contribution in [0.2, 0.25) is 0 Å². The van der Waals surface area contributed by atoms with E-state index in [0.717, 1.165) is 25.7 Å². The highest BCUT2D eigenvalue weighted by molar-refractivity contribution is 5.97. The lowest BCUT2D eigenvalue weighted by Gasteiger charge is -2.29. The monoisotopic (exact) mass is 278 g/mol. The second kappa shape index (κ2) is 6.61. The molecule has 1 fully saturated rings. The first-order valence-corrected chi connectivity index (χ1v) is 6.94. The van der Waals surface area contributed by atoms with Crippen LogP contribution in [0.1, 0.15) is 36.0 Å². The highest BCUT2D eigenvalue weighted by Crippen LogP contribution is 2.25. The Morgan fingerprint density at radius 2 is 2.00 bits per heavy atom. The van der Waals surface area contributed by atoms with Crippen LogP contribution in [-0.2, 0) is 0 Å². The lowest BCUT2D eigenvalue weighted by Crippen LogP contribution is -2.49. The topological polar surface area (TPSA) is 73.6 Å². The zero-order valence-corrected chi connectivity index (χ0v) is 12.0. The fourth-order valence-electron chi connectivity index (χ4n) is 2.57. The molecule has 1 amide bonds. The van der Waals surface area contributed by atoms with Gasteiger partial charge in [-0.15, -0.1) is 0 Å². The van der Waals surface area contributed by atoms with Crippen LogP contribution >= 0.6 is 0 Å². The van der Waals surface area contributed by atoms with Crippen LogP contribution in [0.15, 0.2) is 18.2 Å². The van der Waals surface area contributed by atoms with E-state index in [-0.39, 0.29) is 18.0 Å². The van der Waals surface area contributed by atoms with Crippen molar-refractivity contribution in [1.82, 2.24) is 5.32 Å². The molecule has 0 radical (unpaired) electrons. The summed E-state index contributed by atoms with van der Waals surface area (Å²) in [4.78, 5) is 12.4. The van der Waals surface area contributed by atoms with Crippen molar-refractivity contribution in [3.05, 3.63) is 23.8 Å². The Labute approximate surface area is 119 Å². The summed E-state index contributed by atoms with van der Waals surface area (Å²) in [5.74, 6) is 1.02. The Kier molecular flexibility index (Phi) is 4.84. The van der Waals surface area contributed by atoms with E-state index in [1.807, 2.05) is 0 Å². The zero-order chi connectivity index (χ0) is 14.5. The molecule has 0 heterocycles. The molecule has 1 aliphatic rings. The zero-order valence-electron chi connectivity index (χ0n) is 12.0. The maximum absolute atomic E-state index is 12.4. The van der Waals surface area contributed by atoms with Crippen molar-refractivity contribution in [2.45, 2.75) is 37.8 Å². The quantitative estimate of drug-likeness (QED) is 0.879. The molecule has 0 bridgehead atoms. The Bertz CT molecular complexity index is 476. The van der Waals surface area contributed by atoms with Crippen LogP contribution < -0.4 is 20.5 Å². The first-order chi connectivity index (χ1) is 9.65. The highest BCUT2D eigenvalue weighted by atomic mass is 16.5. The molecule has 2 atom stereocenters. The highest BCUT2D eigenvalue weighted by Gasteiger charge is 2.24. The number of hydrogen-bond acceptors (Lipinski definition) is 4. The van der Waals surface area contributed by atoms with Gasteiger partial charge in [-0.1, -0.05) is 12.8 Å². The van der Waals surface area contributed by atoms with Gasteiger partial charge in [0, 0.05) is 18.2 Å². The first kappa shape index (κ1) is 14.7. The number of hydrogen-bond donors (Lipinski definition) is 2. The van der Waals surface area contributed by atoms with Gasteiger partial charge in [0.25, 0.3) is 5.91 Å². The first-order valence-electron chi connectivity index (χ1n) is 6.94. The predicted molar refractivity (Wildman–Crippen MR) is 77.2 cm³/mol. The predicted octanol–water partition coefficient (Wildman–Crippen LogP) is 1.70. The summed E-state index contributed by atoms with van der Waals surface area (Å²) in [6.45, 7) is 0. The van der Waals surface area contributed by atoms with E-state index < -0.39 is 0 Å². The summed E-state index contributed by atoms with van der Waals surface area (Å²) in [5.41, 5.74) is 6.56. The average molecular weight is 278 g/mol. The molecule has 0 spiro atoms. The number of nitrogens with two attached hydrogens (primary N) is 1. The van der Waals surface area contributed by atoms with Crippen LogP contribution in [0.25, 0.3) is 0 Å². The maximum Gasteiger partial charge on any atom is 0.255 e. The smallest absolute Gasteiger partial charge is 0.255 e. The van der Waals surface area contributed by atoms with Gasteiger partial charge in [0.2, 0.25) is 0 Å². The normalized spacial score (nSPS) is 22.1. The number of rotatable bonds is 4. The minimum atomic E-state index is -0.146. The molecule has 3 N–H and O–H groups in total. The van der Waals surface area contributed by atoms with Crippen molar-refractivity contribution < 1.29 is 14.3 Å². The van der Waals surface area contributed by atoms with Crippen molar-refractivity contribution >= 4 is 5.91 Å². The minimum absolute atomic E-state index is 0.0388. The van der Waals surface area contributed by atoms with E-state index in [4.69, 9.17) is 15.2 Å². The van der Waals surface area contributed by atoms with Crippen LogP contribution in [0.5, 0.6) is 11.5 Å². The molecule has 0 saturated heterocycles. The van der Waals surface area contributed by atoms with Gasteiger partial charge in [-0.25, -0.2) is 0 Å². The van der Waals surface area contributed by atoms with E-state index >= 15 is 0 Å². The molecule has 1 aromatic rings. The number of amides is 1. The Morgan fingerprint density at radius 3 is 2.65 bits per heavy atom. The molecule has 2 unspecified atom stereocenters. The standard InChI is InChI=1S/C15H22N2O3/c1-19-10-7-8-11(14(9-10)20-2)15(18)17-13-6-4-3-5-12(13)16/h7-9,12-13H,3-6,16H2,1-2H3,(H,17,18). The molecular formula is C15H22N2O3. The van der Waals surface area contributed by atoms with Gasteiger partial charge >= 0.3 is 0 Å². The summed E-state index contributed by atoms with van der Waals surface area (Å²) in [5, 5.41) is 3.01. The summed E-state index contributed by atoms with van der Waals surface area (Å²) in [6, 6.07) is 5.25. The van der Waals surface area contributed by atoms with Crippen molar-refractivity contribution in [3.8, 4) is 11.5 Å².